The predicted octanol–water partition coefficient (Wildman–Crippen LogP) is 1.81. The highest BCUT2D eigenvalue weighted by atomic mass is 32.2. The van der Waals surface area contributed by atoms with Crippen LogP contribution < -0.4 is 5.32 Å². The topological polar surface area (TPSA) is 37.8 Å². The van der Waals surface area contributed by atoms with E-state index >= 15 is 0 Å². The zero-order chi connectivity index (χ0) is 10.2. The molecule has 0 fully saturated rings. The summed E-state index contributed by atoms with van der Waals surface area (Å²) in [4.78, 5) is 8.19. The van der Waals surface area contributed by atoms with Gasteiger partial charge in [0.05, 0.1) is 6.20 Å². The summed E-state index contributed by atoms with van der Waals surface area (Å²) in [5.41, 5.74) is 0. The van der Waals surface area contributed by atoms with E-state index in [0.29, 0.717) is 0 Å². The third-order valence-electron chi connectivity index (χ3n) is 1.62. The van der Waals surface area contributed by atoms with Gasteiger partial charge in [-0.25, -0.2) is 4.98 Å². The van der Waals surface area contributed by atoms with E-state index in [0.717, 1.165) is 29.8 Å². The van der Waals surface area contributed by atoms with Gasteiger partial charge in [0.2, 0.25) is 0 Å². The summed E-state index contributed by atoms with van der Waals surface area (Å²) < 4.78 is 0. The van der Waals surface area contributed by atoms with Crippen LogP contribution in [0.5, 0.6) is 0 Å². The third-order valence-corrected chi connectivity index (χ3v) is 2.54. The summed E-state index contributed by atoms with van der Waals surface area (Å²) in [7, 11) is 0. The number of thioether (sulfide) groups is 1. The van der Waals surface area contributed by atoms with E-state index < -0.39 is 0 Å². The lowest BCUT2D eigenvalue weighted by atomic mass is 10.2. The van der Waals surface area contributed by atoms with Gasteiger partial charge in [-0.2, -0.15) is 0 Å². The molecule has 0 atom stereocenters. The number of rotatable bonds is 6. The second-order valence-electron chi connectivity index (χ2n) is 3.49. The minimum Gasteiger partial charge on any atom is -0.316 e. The first-order valence-corrected chi connectivity index (χ1v) is 5.87. The molecule has 0 aliphatic carbocycles. The highest BCUT2D eigenvalue weighted by Crippen LogP contribution is 2.11. The second kappa shape index (κ2) is 6.79. The maximum absolute atomic E-state index is 4.18. The summed E-state index contributed by atoms with van der Waals surface area (Å²) >= 11 is 1.74. The molecule has 4 heteroatoms. The van der Waals surface area contributed by atoms with E-state index in [2.05, 4.69) is 29.1 Å². The highest BCUT2D eigenvalue weighted by molar-refractivity contribution is 7.99. The van der Waals surface area contributed by atoms with Crippen molar-refractivity contribution in [2.75, 3.05) is 18.8 Å². The van der Waals surface area contributed by atoms with Crippen LogP contribution in [-0.4, -0.2) is 28.8 Å². The zero-order valence-electron chi connectivity index (χ0n) is 8.73. The lowest BCUT2D eigenvalue weighted by molar-refractivity contribution is 0.568. The van der Waals surface area contributed by atoms with Crippen LogP contribution >= 0.6 is 11.8 Å². The Labute approximate surface area is 89.7 Å². The summed E-state index contributed by atoms with van der Waals surface area (Å²) in [6.45, 7) is 6.53. The maximum atomic E-state index is 4.18. The Morgan fingerprint density at radius 3 is 2.93 bits per heavy atom. The van der Waals surface area contributed by atoms with Crippen LogP contribution in [0.15, 0.2) is 23.6 Å². The van der Waals surface area contributed by atoms with Gasteiger partial charge in [-0.3, -0.25) is 4.98 Å². The van der Waals surface area contributed by atoms with Gasteiger partial charge in [0.25, 0.3) is 0 Å². The van der Waals surface area contributed by atoms with Crippen LogP contribution in [0.2, 0.25) is 0 Å². The van der Waals surface area contributed by atoms with Crippen LogP contribution in [-0.2, 0) is 0 Å². The number of hydrogen-bond donors (Lipinski definition) is 1. The van der Waals surface area contributed by atoms with E-state index in [1.54, 1.807) is 30.4 Å². The molecule has 0 saturated heterocycles. The fourth-order valence-electron chi connectivity index (χ4n) is 0.978. The first kappa shape index (κ1) is 11.5. The first-order chi connectivity index (χ1) is 6.79. The molecule has 0 aliphatic heterocycles. The Bertz CT molecular complexity index is 238. The van der Waals surface area contributed by atoms with Crippen molar-refractivity contribution >= 4 is 11.8 Å². The van der Waals surface area contributed by atoms with Gasteiger partial charge in [-0.05, 0) is 12.5 Å². The summed E-state index contributed by atoms with van der Waals surface area (Å²) in [6.07, 6.45) is 5.22. The largest absolute Gasteiger partial charge is 0.316 e. The van der Waals surface area contributed by atoms with Crippen molar-refractivity contribution in [3.05, 3.63) is 18.6 Å². The summed E-state index contributed by atoms with van der Waals surface area (Å²) in [5.74, 6) is 1.77. The van der Waals surface area contributed by atoms with E-state index in [9.17, 15) is 0 Å². The monoisotopic (exact) mass is 211 g/mol. The van der Waals surface area contributed by atoms with E-state index in [-0.39, 0.29) is 0 Å². The van der Waals surface area contributed by atoms with Crippen molar-refractivity contribution in [3.8, 4) is 0 Å². The van der Waals surface area contributed by atoms with Gasteiger partial charge in [0.15, 0.2) is 0 Å². The van der Waals surface area contributed by atoms with Gasteiger partial charge >= 0.3 is 0 Å². The molecule has 3 nitrogen and oxygen atoms in total. The van der Waals surface area contributed by atoms with Crippen LogP contribution in [0.25, 0.3) is 0 Å². The average Bonchev–Trinajstić information content (AvgIpc) is 2.18. The fourth-order valence-corrected chi connectivity index (χ4v) is 1.70. The van der Waals surface area contributed by atoms with Gasteiger partial charge in [-0.15, -0.1) is 11.8 Å². The van der Waals surface area contributed by atoms with Gasteiger partial charge in [0.1, 0.15) is 5.03 Å². The molecular formula is C10H17N3S. The molecule has 0 aromatic carbocycles. The molecular weight excluding hydrogens is 194 g/mol. The molecule has 0 saturated carbocycles. The molecule has 0 bridgehead atoms. The number of nitrogens with one attached hydrogen (secondary N) is 1. The Kier molecular flexibility index (Phi) is 5.56. The molecule has 1 rings (SSSR count). The molecule has 1 heterocycles. The Balaban J connectivity index is 2.05. The van der Waals surface area contributed by atoms with Crippen LogP contribution in [0.1, 0.15) is 13.8 Å². The third kappa shape index (κ3) is 5.19. The SMILES string of the molecule is CC(C)CNCCSc1cnccn1. The molecule has 1 aromatic heterocycles. The minimum atomic E-state index is 0.719. The summed E-state index contributed by atoms with van der Waals surface area (Å²) in [5, 5.41) is 4.38. The number of nitrogens with zero attached hydrogens (tertiary/aromatic N) is 2. The van der Waals surface area contributed by atoms with Crippen LogP contribution in [0.4, 0.5) is 0 Å². The Hall–Kier alpha value is -0.610. The smallest absolute Gasteiger partial charge is 0.114 e. The normalized spacial score (nSPS) is 10.8. The molecule has 78 valence electrons. The van der Waals surface area contributed by atoms with Gasteiger partial charge < -0.3 is 5.32 Å². The lowest BCUT2D eigenvalue weighted by Crippen LogP contribution is -2.22. The molecule has 1 aromatic rings. The quantitative estimate of drug-likeness (QED) is 0.575. The maximum Gasteiger partial charge on any atom is 0.114 e. The lowest BCUT2D eigenvalue weighted by Gasteiger charge is -2.06. The number of aromatic nitrogens is 2. The average molecular weight is 211 g/mol. The molecule has 1 N–H and O–H groups in total. The molecule has 0 amide bonds. The van der Waals surface area contributed by atoms with Crippen molar-refractivity contribution < 1.29 is 0 Å². The standard InChI is InChI=1S/C10H17N3S/c1-9(2)7-12-5-6-14-10-8-11-3-4-13-10/h3-4,8-9,12H,5-7H2,1-2H3. The molecule has 0 spiro atoms. The Morgan fingerprint density at radius 2 is 2.29 bits per heavy atom. The molecule has 0 radical (unpaired) electrons. The highest BCUT2D eigenvalue weighted by Gasteiger charge is 1.95. The molecule has 0 unspecified atom stereocenters. The first-order valence-electron chi connectivity index (χ1n) is 4.88. The molecule has 0 aliphatic rings. The Morgan fingerprint density at radius 1 is 1.43 bits per heavy atom. The van der Waals surface area contributed by atoms with Crippen molar-refractivity contribution in [2.24, 2.45) is 5.92 Å². The van der Waals surface area contributed by atoms with E-state index in [4.69, 9.17) is 0 Å². The van der Waals surface area contributed by atoms with Gasteiger partial charge in [-0.1, -0.05) is 13.8 Å². The second-order valence-corrected chi connectivity index (χ2v) is 4.61. The van der Waals surface area contributed by atoms with Crippen molar-refractivity contribution in [3.63, 3.8) is 0 Å². The van der Waals surface area contributed by atoms with Crippen molar-refractivity contribution in [2.45, 2.75) is 18.9 Å². The fraction of sp³-hybridized carbons (Fsp3) is 0.600. The van der Waals surface area contributed by atoms with Crippen LogP contribution in [0.3, 0.4) is 0 Å². The number of hydrogen-bond acceptors (Lipinski definition) is 4. The van der Waals surface area contributed by atoms with Crippen molar-refractivity contribution in [1.29, 1.82) is 0 Å². The van der Waals surface area contributed by atoms with Crippen LogP contribution in [0, 0.1) is 5.92 Å². The summed E-state index contributed by atoms with van der Waals surface area (Å²) in [6, 6.07) is 0. The van der Waals surface area contributed by atoms with E-state index in [1.807, 2.05) is 0 Å². The van der Waals surface area contributed by atoms with Crippen molar-refractivity contribution in [1.82, 2.24) is 15.3 Å². The predicted molar refractivity (Wildman–Crippen MR) is 60.5 cm³/mol. The zero-order valence-corrected chi connectivity index (χ0v) is 9.55. The van der Waals surface area contributed by atoms with E-state index in [1.165, 1.54) is 0 Å². The van der Waals surface area contributed by atoms with Gasteiger partial charge in [0, 0.05) is 24.7 Å². The minimum absolute atomic E-state index is 0.719. The molecule has 14 heavy (non-hydrogen) atoms.